The molecule has 8 heteroatoms. The van der Waals surface area contributed by atoms with Gasteiger partial charge < -0.3 is 14.6 Å². The Labute approximate surface area is 154 Å². The fourth-order valence-corrected chi connectivity index (χ4v) is 4.26. The molecule has 7 nitrogen and oxygen atoms in total. The van der Waals surface area contributed by atoms with Crippen molar-refractivity contribution < 1.29 is 14.3 Å². The van der Waals surface area contributed by atoms with E-state index in [1.165, 1.54) is 11.3 Å². The zero-order valence-corrected chi connectivity index (χ0v) is 15.1. The highest BCUT2D eigenvalue weighted by Crippen LogP contribution is 2.38. The molecule has 1 atom stereocenters. The van der Waals surface area contributed by atoms with Gasteiger partial charge in [0, 0.05) is 4.88 Å². The Bertz CT molecular complexity index is 978. The van der Waals surface area contributed by atoms with E-state index in [1.807, 2.05) is 24.3 Å². The van der Waals surface area contributed by atoms with E-state index in [2.05, 4.69) is 15.3 Å². The Hall–Kier alpha value is -2.74. The number of fused-ring (bicyclic) bond motifs is 2. The fourth-order valence-electron chi connectivity index (χ4n) is 3.20. The molecular weight excluding hydrogens is 352 g/mol. The zero-order chi connectivity index (χ0) is 18.1. The van der Waals surface area contributed by atoms with Gasteiger partial charge in [-0.15, -0.1) is 11.3 Å². The lowest BCUT2D eigenvalue weighted by molar-refractivity contribution is -0.145. The molecule has 0 spiro atoms. The Morgan fingerprint density at radius 2 is 2.23 bits per heavy atom. The van der Waals surface area contributed by atoms with E-state index in [0.29, 0.717) is 11.7 Å². The number of rotatable bonds is 5. The summed E-state index contributed by atoms with van der Waals surface area (Å²) < 4.78 is 6.91. The van der Waals surface area contributed by atoms with E-state index in [-0.39, 0.29) is 24.3 Å². The molecule has 1 aliphatic carbocycles. The standard InChI is InChI=1S/C18H18N4O3S/c1-2-25-17(24)11-7-8-14-16(11)21-18(26-14)20-15(23)9-22-10-19-12-5-3-4-6-13(12)22/h3-6,10-11H,2,7-9H2,1H3,(H,20,21,23). The molecule has 1 unspecified atom stereocenters. The highest BCUT2D eigenvalue weighted by atomic mass is 32.1. The third-order valence-electron chi connectivity index (χ3n) is 4.38. The zero-order valence-electron chi connectivity index (χ0n) is 14.3. The van der Waals surface area contributed by atoms with Crippen molar-refractivity contribution in [3.63, 3.8) is 0 Å². The minimum absolute atomic E-state index is 0.159. The average molecular weight is 370 g/mol. The second-order valence-electron chi connectivity index (χ2n) is 6.08. The summed E-state index contributed by atoms with van der Waals surface area (Å²) in [5, 5.41) is 3.36. The Balaban J connectivity index is 1.46. The molecule has 2 aromatic heterocycles. The minimum Gasteiger partial charge on any atom is -0.465 e. The van der Waals surface area contributed by atoms with Crippen LogP contribution in [0.5, 0.6) is 0 Å². The largest absolute Gasteiger partial charge is 0.465 e. The number of anilines is 1. The normalized spacial score (nSPS) is 15.8. The molecular formula is C18H18N4O3S. The van der Waals surface area contributed by atoms with Crippen molar-refractivity contribution in [1.82, 2.24) is 14.5 Å². The van der Waals surface area contributed by atoms with Gasteiger partial charge in [0.25, 0.3) is 0 Å². The van der Waals surface area contributed by atoms with Gasteiger partial charge in [-0.2, -0.15) is 0 Å². The van der Waals surface area contributed by atoms with Crippen LogP contribution in [0.15, 0.2) is 30.6 Å². The van der Waals surface area contributed by atoms with Crippen LogP contribution in [-0.2, 0) is 27.3 Å². The molecule has 1 aromatic carbocycles. The van der Waals surface area contributed by atoms with Gasteiger partial charge >= 0.3 is 5.97 Å². The van der Waals surface area contributed by atoms with Crippen LogP contribution in [0.3, 0.4) is 0 Å². The van der Waals surface area contributed by atoms with Gasteiger partial charge in [-0.05, 0) is 31.9 Å². The number of nitrogens with one attached hydrogen (secondary N) is 1. The first kappa shape index (κ1) is 16.7. The van der Waals surface area contributed by atoms with Crippen molar-refractivity contribution in [3.05, 3.63) is 41.2 Å². The summed E-state index contributed by atoms with van der Waals surface area (Å²) in [7, 11) is 0. The average Bonchev–Trinajstić information content (AvgIpc) is 3.29. The monoisotopic (exact) mass is 370 g/mol. The SMILES string of the molecule is CCOC(=O)C1CCc2sc(NC(=O)Cn3cnc4ccccc43)nc21. The molecule has 26 heavy (non-hydrogen) atoms. The predicted molar refractivity (Wildman–Crippen MR) is 98.2 cm³/mol. The van der Waals surface area contributed by atoms with Crippen LogP contribution in [0.25, 0.3) is 11.0 Å². The second kappa shape index (κ2) is 6.87. The van der Waals surface area contributed by atoms with Crippen LogP contribution < -0.4 is 5.32 Å². The number of para-hydroxylation sites is 2. The van der Waals surface area contributed by atoms with Crippen molar-refractivity contribution in [2.24, 2.45) is 0 Å². The number of nitrogens with zero attached hydrogens (tertiary/aromatic N) is 3. The maximum Gasteiger partial charge on any atom is 0.315 e. The van der Waals surface area contributed by atoms with Gasteiger partial charge in [0.15, 0.2) is 5.13 Å². The van der Waals surface area contributed by atoms with E-state index < -0.39 is 0 Å². The Morgan fingerprint density at radius 3 is 3.08 bits per heavy atom. The summed E-state index contributed by atoms with van der Waals surface area (Å²) in [6, 6.07) is 7.66. The number of aromatic nitrogens is 3. The summed E-state index contributed by atoms with van der Waals surface area (Å²) in [5.74, 6) is -0.725. The summed E-state index contributed by atoms with van der Waals surface area (Å²) in [6.07, 6.45) is 3.17. The molecule has 0 saturated carbocycles. The van der Waals surface area contributed by atoms with E-state index in [4.69, 9.17) is 4.74 Å². The second-order valence-corrected chi connectivity index (χ2v) is 7.16. The van der Waals surface area contributed by atoms with Crippen LogP contribution in [0, 0.1) is 0 Å². The first-order valence-electron chi connectivity index (χ1n) is 8.51. The van der Waals surface area contributed by atoms with Crippen LogP contribution >= 0.6 is 11.3 Å². The molecule has 2 heterocycles. The van der Waals surface area contributed by atoms with Crippen molar-refractivity contribution in [2.75, 3.05) is 11.9 Å². The number of ether oxygens (including phenoxy) is 1. The molecule has 134 valence electrons. The van der Waals surface area contributed by atoms with Crippen LogP contribution in [0.4, 0.5) is 5.13 Å². The molecule has 0 radical (unpaired) electrons. The lowest BCUT2D eigenvalue weighted by Crippen LogP contribution is -2.18. The lowest BCUT2D eigenvalue weighted by Gasteiger charge is -2.08. The maximum absolute atomic E-state index is 12.4. The van der Waals surface area contributed by atoms with Gasteiger partial charge in [-0.3, -0.25) is 9.59 Å². The number of aryl methyl sites for hydroxylation is 1. The fraction of sp³-hybridized carbons (Fsp3) is 0.333. The molecule has 0 fully saturated rings. The summed E-state index contributed by atoms with van der Waals surface area (Å²) >= 11 is 1.43. The van der Waals surface area contributed by atoms with Gasteiger partial charge in [0.1, 0.15) is 12.5 Å². The predicted octanol–water partition coefficient (Wildman–Crippen LogP) is 2.72. The first-order chi connectivity index (χ1) is 12.7. The van der Waals surface area contributed by atoms with Gasteiger partial charge in [-0.1, -0.05) is 12.1 Å². The van der Waals surface area contributed by atoms with Crippen molar-refractivity contribution in [2.45, 2.75) is 32.2 Å². The number of benzene rings is 1. The molecule has 1 amide bonds. The third kappa shape index (κ3) is 3.08. The molecule has 4 rings (SSSR count). The number of hydrogen-bond donors (Lipinski definition) is 1. The molecule has 0 saturated heterocycles. The number of imidazole rings is 1. The molecule has 3 aromatic rings. The topological polar surface area (TPSA) is 86.1 Å². The van der Waals surface area contributed by atoms with E-state index in [0.717, 1.165) is 34.4 Å². The minimum atomic E-state index is -0.315. The number of amides is 1. The van der Waals surface area contributed by atoms with Crippen LogP contribution in [0.1, 0.15) is 29.8 Å². The highest BCUT2D eigenvalue weighted by Gasteiger charge is 2.33. The Kier molecular flexibility index (Phi) is 4.42. The molecule has 0 aliphatic heterocycles. The Morgan fingerprint density at radius 1 is 1.38 bits per heavy atom. The van der Waals surface area contributed by atoms with E-state index in [9.17, 15) is 9.59 Å². The van der Waals surface area contributed by atoms with Gasteiger partial charge in [0.2, 0.25) is 5.91 Å². The van der Waals surface area contributed by atoms with Crippen molar-refractivity contribution in [3.8, 4) is 0 Å². The molecule has 1 aliphatic rings. The lowest BCUT2D eigenvalue weighted by atomic mass is 10.1. The van der Waals surface area contributed by atoms with Crippen molar-refractivity contribution >= 4 is 39.4 Å². The van der Waals surface area contributed by atoms with Crippen LogP contribution in [0.2, 0.25) is 0 Å². The third-order valence-corrected chi connectivity index (χ3v) is 5.42. The quantitative estimate of drug-likeness (QED) is 0.698. The summed E-state index contributed by atoms with van der Waals surface area (Å²) in [5.41, 5.74) is 2.51. The number of hydrogen-bond acceptors (Lipinski definition) is 6. The summed E-state index contributed by atoms with van der Waals surface area (Å²) in [4.78, 5) is 34.2. The summed E-state index contributed by atoms with van der Waals surface area (Å²) in [6.45, 7) is 2.31. The van der Waals surface area contributed by atoms with Gasteiger partial charge in [0.05, 0.1) is 29.7 Å². The van der Waals surface area contributed by atoms with Crippen LogP contribution in [-0.4, -0.2) is 33.0 Å². The number of carbonyl (C=O) groups excluding carboxylic acids is 2. The highest BCUT2D eigenvalue weighted by molar-refractivity contribution is 7.16. The van der Waals surface area contributed by atoms with Crippen molar-refractivity contribution in [1.29, 1.82) is 0 Å². The smallest absolute Gasteiger partial charge is 0.315 e. The number of esters is 1. The molecule has 1 N–H and O–H groups in total. The first-order valence-corrected chi connectivity index (χ1v) is 9.33. The van der Waals surface area contributed by atoms with E-state index >= 15 is 0 Å². The van der Waals surface area contributed by atoms with Gasteiger partial charge in [-0.25, -0.2) is 9.97 Å². The van der Waals surface area contributed by atoms with E-state index in [1.54, 1.807) is 17.8 Å². The number of thiazole rings is 1. The number of carbonyl (C=O) groups is 2. The molecule has 0 bridgehead atoms. The maximum atomic E-state index is 12.4.